The molecule has 0 radical (unpaired) electrons. The molecule has 0 saturated carbocycles. The first-order valence-corrected chi connectivity index (χ1v) is 7.77. The molecular weight excluding hydrogens is 298 g/mol. The lowest BCUT2D eigenvalue weighted by Gasteiger charge is -2.13. The standard InChI is InChI=1S/C16H17N3O2S/c1-12(8-9-17)22-15-7-3-2-6-14(15)19-16(20)18-11-13-5-4-10-21-13/h2-7,10,12H,8,11H2,1H3,(H2,18,19,20)/t12-/m0/s1. The van der Waals surface area contributed by atoms with Gasteiger partial charge in [-0.3, -0.25) is 0 Å². The second-order valence-corrected chi connectivity index (χ2v) is 6.15. The monoisotopic (exact) mass is 315 g/mol. The van der Waals surface area contributed by atoms with E-state index >= 15 is 0 Å². The molecule has 1 aromatic carbocycles. The fourth-order valence-electron chi connectivity index (χ4n) is 1.81. The highest BCUT2D eigenvalue weighted by atomic mass is 32.2. The van der Waals surface area contributed by atoms with Crippen molar-refractivity contribution in [2.75, 3.05) is 5.32 Å². The number of benzene rings is 1. The van der Waals surface area contributed by atoms with E-state index in [0.717, 1.165) is 10.6 Å². The number of furan rings is 1. The maximum absolute atomic E-state index is 11.9. The Balaban J connectivity index is 1.94. The molecule has 6 heteroatoms. The van der Waals surface area contributed by atoms with E-state index in [1.165, 1.54) is 0 Å². The minimum absolute atomic E-state index is 0.166. The first kappa shape index (κ1) is 16.0. The molecule has 0 aliphatic heterocycles. The van der Waals surface area contributed by atoms with Gasteiger partial charge in [-0.2, -0.15) is 5.26 Å². The number of nitrogens with zero attached hydrogens (tertiary/aromatic N) is 1. The maximum Gasteiger partial charge on any atom is 0.319 e. The number of hydrogen-bond acceptors (Lipinski definition) is 4. The Bertz CT molecular complexity index is 650. The minimum Gasteiger partial charge on any atom is -0.467 e. The summed E-state index contributed by atoms with van der Waals surface area (Å²) in [6, 6.07) is 13.0. The van der Waals surface area contributed by atoms with Gasteiger partial charge in [0.1, 0.15) is 5.76 Å². The molecule has 22 heavy (non-hydrogen) atoms. The SMILES string of the molecule is C[C@@H](CC#N)Sc1ccccc1NC(=O)NCc1ccco1. The Hall–Kier alpha value is -2.39. The van der Waals surface area contributed by atoms with Gasteiger partial charge in [0, 0.05) is 16.6 Å². The first-order valence-electron chi connectivity index (χ1n) is 6.89. The summed E-state index contributed by atoms with van der Waals surface area (Å²) in [5, 5.41) is 14.5. The number of nitriles is 1. The van der Waals surface area contributed by atoms with Gasteiger partial charge in [0.2, 0.25) is 0 Å². The van der Waals surface area contributed by atoms with Crippen molar-refractivity contribution in [1.82, 2.24) is 5.32 Å². The Morgan fingerprint density at radius 1 is 1.36 bits per heavy atom. The smallest absolute Gasteiger partial charge is 0.319 e. The summed E-state index contributed by atoms with van der Waals surface area (Å²) < 4.78 is 5.16. The molecule has 0 spiro atoms. The molecule has 0 aliphatic rings. The lowest BCUT2D eigenvalue weighted by molar-refractivity contribution is 0.250. The number of thioether (sulfide) groups is 1. The number of carbonyl (C=O) groups excluding carboxylic acids is 1. The van der Waals surface area contributed by atoms with Gasteiger partial charge < -0.3 is 15.1 Å². The van der Waals surface area contributed by atoms with E-state index in [9.17, 15) is 4.79 Å². The number of carbonyl (C=O) groups is 1. The van der Waals surface area contributed by atoms with Gasteiger partial charge in [0.25, 0.3) is 0 Å². The largest absolute Gasteiger partial charge is 0.467 e. The summed E-state index contributed by atoms with van der Waals surface area (Å²) in [4.78, 5) is 12.9. The van der Waals surface area contributed by atoms with Crippen LogP contribution in [0.4, 0.5) is 10.5 Å². The van der Waals surface area contributed by atoms with Crippen LogP contribution >= 0.6 is 11.8 Å². The molecule has 114 valence electrons. The molecule has 2 aromatic rings. The number of nitrogens with one attached hydrogen (secondary N) is 2. The van der Waals surface area contributed by atoms with Crippen LogP contribution in [-0.4, -0.2) is 11.3 Å². The van der Waals surface area contributed by atoms with Crippen molar-refractivity contribution in [3.8, 4) is 6.07 Å². The zero-order valence-electron chi connectivity index (χ0n) is 12.2. The molecule has 0 saturated heterocycles. The number of rotatable bonds is 6. The highest BCUT2D eigenvalue weighted by Gasteiger charge is 2.10. The highest BCUT2D eigenvalue weighted by molar-refractivity contribution is 8.00. The maximum atomic E-state index is 11.9. The van der Waals surface area contributed by atoms with E-state index in [1.54, 1.807) is 30.2 Å². The highest BCUT2D eigenvalue weighted by Crippen LogP contribution is 2.31. The predicted molar refractivity (Wildman–Crippen MR) is 86.6 cm³/mol. The van der Waals surface area contributed by atoms with E-state index in [1.807, 2.05) is 31.2 Å². The normalized spacial score (nSPS) is 11.5. The van der Waals surface area contributed by atoms with E-state index in [0.29, 0.717) is 18.7 Å². The van der Waals surface area contributed by atoms with E-state index < -0.39 is 0 Å². The predicted octanol–water partition coefficient (Wildman–Crippen LogP) is 4.00. The molecule has 5 nitrogen and oxygen atoms in total. The van der Waals surface area contributed by atoms with Gasteiger partial charge >= 0.3 is 6.03 Å². The third-order valence-electron chi connectivity index (χ3n) is 2.85. The molecule has 0 fully saturated rings. The lowest BCUT2D eigenvalue weighted by Crippen LogP contribution is -2.28. The fraction of sp³-hybridized carbons (Fsp3) is 0.250. The number of urea groups is 1. The molecule has 0 aliphatic carbocycles. The average Bonchev–Trinajstić information content (AvgIpc) is 3.01. The summed E-state index contributed by atoms with van der Waals surface area (Å²) in [5.41, 5.74) is 0.731. The van der Waals surface area contributed by atoms with E-state index in [-0.39, 0.29) is 11.3 Å². The lowest BCUT2D eigenvalue weighted by atomic mass is 10.3. The molecule has 2 rings (SSSR count). The summed E-state index contributed by atoms with van der Waals surface area (Å²) in [7, 11) is 0. The summed E-state index contributed by atoms with van der Waals surface area (Å²) in [5.74, 6) is 0.695. The molecule has 2 N–H and O–H groups in total. The Labute approximate surface area is 133 Å². The second-order valence-electron chi connectivity index (χ2n) is 4.67. The van der Waals surface area contributed by atoms with Crippen LogP contribution in [0.25, 0.3) is 0 Å². The van der Waals surface area contributed by atoms with Crippen LogP contribution in [0.1, 0.15) is 19.1 Å². The fourth-order valence-corrected chi connectivity index (χ4v) is 2.80. The first-order chi connectivity index (χ1) is 10.7. The summed E-state index contributed by atoms with van der Waals surface area (Å²) in [6.45, 7) is 2.32. The molecule has 0 unspecified atom stereocenters. The Morgan fingerprint density at radius 2 is 2.18 bits per heavy atom. The number of hydrogen-bond donors (Lipinski definition) is 2. The van der Waals surface area contributed by atoms with Crippen molar-refractivity contribution in [2.45, 2.75) is 30.0 Å². The zero-order valence-corrected chi connectivity index (χ0v) is 13.0. The van der Waals surface area contributed by atoms with Crippen LogP contribution in [0.15, 0.2) is 52.0 Å². The van der Waals surface area contributed by atoms with Gasteiger partial charge in [0.15, 0.2) is 0 Å². The number of para-hydroxylation sites is 1. The van der Waals surface area contributed by atoms with Gasteiger partial charge in [-0.1, -0.05) is 19.1 Å². The van der Waals surface area contributed by atoms with Crippen molar-refractivity contribution in [3.05, 3.63) is 48.4 Å². The van der Waals surface area contributed by atoms with Crippen LogP contribution in [0.3, 0.4) is 0 Å². The number of anilines is 1. The average molecular weight is 315 g/mol. The second kappa shape index (κ2) is 8.15. The van der Waals surface area contributed by atoms with Crippen molar-refractivity contribution < 1.29 is 9.21 Å². The van der Waals surface area contributed by atoms with Crippen LogP contribution in [0.5, 0.6) is 0 Å². The molecule has 0 bridgehead atoms. The van der Waals surface area contributed by atoms with E-state index in [2.05, 4.69) is 16.7 Å². The van der Waals surface area contributed by atoms with Crippen molar-refractivity contribution >= 4 is 23.5 Å². The Kier molecular flexibility index (Phi) is 5.92. The molecule has 1 atom stereocenters. The molecule has 2 amide bonds. The van der Waals surface area contributed by atoms with Crippen LogP contribution in [-0.2, 0) is 6.54 Å². The van der Waals surface area contributed by atoms with Crippen LogP contribution < -0.4 is 10.6 Å². The summed E-state index contributed by atoms with van der Waals surface area (Å²) >= 11 is 1.57. The van der Waals surface area contributed by atoms with Gasteiger partial charge in [-0.15, -0.1) is 11.8 Å². The van der Waals surface area contributed by atoms with Gasteiger partial charge in [-0.25, -0.2) is 4.79 Å². The zero-order chi connectivity index (χ0) is 15.8. The van der Waals surface area contributed by atoms with Crippen molar-refractivity contribution in [2.24, 2.45) is 0 Å². The Morgan fingerprint density at radius 3 is 2.91 bits per heavy atom. The topological polar surface area (TPSA) is 78.1 Å². The van der Waals surface area contributed by atoms with Gasteiger partial charge in [0.05, 0.1) is 24.6 Å². The summed E-state index contributed by atoms with van der Waals surface area (Å²) in [6.07, 6.45) is 2.03. The minimum atomic E-state index is -0.294. The van der Waals surface area contributed by atoms with Crippen molar-refractivity contribution in [1.29, 1.82) is 5.26 Å². The molecule has 1 heterocycles. The van der Waals surface area contributed by atoms with E-state index in [4.69, 9.17) is 9.68 Å². The quantitative estimate of drug-likeness (QED) is 0.790. The number of amides is 2. The molecule has 1 aromatic heterocycles. The molecular formula is C16H17N3O2S. The van der Waals surface area contributed by atoms with Crippen molar-refractivity contribution in [3.63, 3.8) is 0 Å². The third kappa shape index (κ3) is 4.86. The van der Waals surface area contributed by atoms with Crippen LogP contribution in [0.2, 0.25) is 0 Å². The van der Waals surface area contributed by atoms with Crippen LogP contribution in [0, 0.1) is 11.3 Å². The van der Waals surface area contributed by atoms with Gasteiger partial charge in [-0.05, 0) is 24.3 Å². The third-order valence-corrected chi connectivity index (χ3v) is 4.02.